The standard InChI is InChI=1S/C17H23N5/c1-12(2)19-17-20-13(3)15-11-22(9-7-16(15)21-17)10-14-6-4-5-8-18-14/h4-6,8,12H,7,9-11H2,1-3H3,(H,19,20,21). The first kappa shape index (κ1) is 14.9. The van der Waals surface area contributed by atoms with E-state index >= 15 is 0 Å². The molecule has 3 heterocycles. The van der Waals surface area contributed by atoms with Crippen LogP contribution in [0.4, 0.5) is 5.95 Å². The monoisotopic (exact) mass is 297 g/mol. The van der Waals surface area contributed by atoms with Crippen LogP contribution in [0.1, 0.15) is 36.5 Å². The molecule has 0 spiro atoms. The Hall–Kier alpha value is -2.01. The summed E-state index contributed by atoms with van der Waals surface area (Å²) in [5.74, 6) is 0.754. The number of fused-ring (bicyclic) bond motifs is 1. The summed E-state index contributed by atoms with van der Waals surface area (Å²) in [4.78, 5) is 16.1. The van der Waals surface area contributed by atoms with Crippen LogP contribution < -0.4 is 5.32 Å². The van der Waals surface area contributed by atoms with Crippen LogP contribution in [0.3, 0.4) is 0 Å². The Bertz CT molecular complexity index is 639. The van der Waals surface area contributed by atoms with Gasteiger partial charge in [-0.15, -0.1) is 0 Å². The Morgan fingerprint density at radius 1 is 1.27 bits per heavy atom. The first-order valence-electron chi connectivity index (χ1n) is 7.87. The van der Waals surface area contributed by atoms with E-state index in [1.807, 2.05) is 18.3 Å². The predicted octanol–water partition coefficient (Wildman–Crippen LogP) is 2.56. The van der Waals surface area contributed by atoms with Crippen molar-refractivity contribution in [2.45, 2.75) is 46.3 Å². The van der Waals surface area contributed by atoms with E-state index in [0.29, 0.717) is 6.04 Å². The molecule has 116 valence electrons. The van der Waals surface area contributed by atoms with Gasteiger partial charge in [-0.25, -0.2) is 9.97 Å². The number of nitrogens with one attached hydrogen (secondary N) is 1. The largest absolute Gasteiger partial charge is 0.352 e. The SMILES string of the molecule is Cc1nc(NC(C)C)nc2c1CN(Cc1ccccn1)CC2. The van der Waals surface area contributed by atoms with Gasteiger partial charge in [0.1, 0.15) is 0 Å². The normalized spacial score (nSPS) is 14.9. The van der Waals surface area contributed by atoms with Gasteiger partial charge < -0.3 is 5.32 Å². The zero-order chi connectivity index (χ0) is 15.5. The quantitative estimate of drug-likeness (QED) is 0.940. The molecule has 5 nitrogen and oxygen atoms in total. The van der Waals surface area contributed by atoms with Crippen molar-refractivity contribution >= 4 is 5.95 Å². The van der Waals surface area contributed by atoms with Gasteiger partial charge in [0.25, 0.3) is 0 Å². The van der Waals surface area contributed by atoms with E-state index in [1.54, 1.807) is 0 Å². The third-order valence-corrected chi connectivity index (χ3v) is 3.88. The lowest BCUT2D eigenvalue weighted by Crippen LogP contribution is -2.32. The van der Waals surface area contributed by atoms with Gasteiger partial charge in [-0.05, 0) is 32.9 Å². The number of pyridine rings is 1. The van der Waals surface area contributed by atoms with Crippen molar-refractivity contribution in [2.24, 2.45) is 0 Å². The average molecular weight is 297 g/mol. The molecule has 0 saturated carbocycles. The van der Waals surface area contributed by atoms with Gasteiger partial charge in [0.05, 0.1) is 11.4 Å². The van der Waals surface area contributed by atoms with Crippen LogP contribution in [0.5, 0.6) is 0 Å². The van der Waals surface area contributed by atoms with E-state index in [-0.39, 0.29) is 0 Å². The van der Waals surface area contributed by atoms with Gasteiger partial charge in [-0.1, -0.05) is 6.07 Å². The molecule has 0 atom stereocenters. The van der Waals surface area contributed by atoms with Crippen LogP contribution in [0, 0.1) is 6.92 Å². The third-order valence-electron chi connectivity index (χ3n) is 3.88. The summed E-state index contributed by atoms with van der Waals surface area (Å²) in [7, 11) is 0. The van der Waals surface area contributed by atoms with E-state index < -0.39 is 0 Å². The highest BCUT2D eigenvalue weighted by Gasteiger charge is 2.21. The third kappa shape index (κ3) is 3.42. The minimum Gasteiger partial charge on any atom is -0.352 e. The fraction of sp³-hybridized carbons (Fsp3) is 0.471. The number of rotatable bonds is 4. The van der Waals surface area contributed by atoms with Crippen molar-refractivity contribution < 1.29 is 0 Å². The molecule has 3 rings (SSSR count). The summed E-state index contributed by atoms with van der Waals surface area (Å²) in [5, 5.41) is 3.30. The lowest BCUT2D eigenvalue weighted by Gasteiger charge is -2.29. The van der Waals surface area contributed by atoms with Crippen LogP contribution in [0.2, 0.25) is 0 Å². The Morgan fingerprint density at radius 3 is 2.86 bits per heavy atom. The topological polar surface area (TPSA) is 53.9 Å². The molecule has 2 aromatic rings. The van der Waals surface area contributed by atoms with E-state index in [0.717, 1.165) is 43.4 Å². The zero-order valence-corrected chi connectivity index (χ0v) is 13.5. The minimum atomic E-state index is 0.349. The van der Waals surface area contributed by atoms with Gasteiger partial charge in [0.2, 0.25) is 5.95 Å². The first-order chi connectivity index (χ1) is 10.6. The maximum absolute atomic E-state index is 4.69. The maximum atomic E-state index is 4.69. The Labute approximate surface area is 131 Å². The molecule has 1 N–H and O–H groups in total. The number of nitrogens with zero attached hydrogens (tertiary/aromatic N) is 4. The number of hydrogen-bond acceptors (Lipinski definition) is 5. The van der Waals surface area contributed by atoms with Crippen molar-refractivity contribution in [2.75, 3.05) is 11.9 Å². The van der Waals surface area contributed by atoms with Gasteiger partial charge in [-0.3, -0.25) is 9.88 Å². The minimum absolute atomic E-state index is 0.349. The van der Waals surface area contributed by atoms with Crippen LogP contribution in [-0.2, 0) is 19.5 Å². The van der Waals surface area contributed by atoms with Crippen LogP contribution in [-0.4, -0.2) is 32.4 Å². The van der Waals surface area contributed by atoms with Gasteiger partial charge in [0.15, 0.2) is 0 Å². The second kappa shape index (κ2) is 6.40. The van der Waals surface area contributed by atoms with Gasteiger partial charge >= 0.3 is 0 Å². The Balaban J connectivity index is 1.75. The number of anilines is 1. The van der Waals surface area contributed by atoms with E-state index in [4.69, 9.17) is 4.98 Å². The molecule has 22 heavy (non-hydrogen) atoms. The number of hydrogen-bond donors (Lipinski definition) is 1. The summed E-state index contributed by atoms with van der Waals surface area (Å²) >= 11 is 0. The summed E-state index contributed by atoms with van der Waals surface area (Å²) in [5.41, 5.74) is 4.66. The fourth-order valence-electron chi connectivity index (χ4n) is 2.81. The molecule has 0 amide bonds. The molecule has 0 saturated heterocycles. The van der Waals surface area contributed by atoms with Crippen LogP contribution in [0.25, 0.3) is 0 Å². The molecule has 5 heteroatoms. The highest BCUT2D eigenvalue weighted by atomic mass is 15.2. The van der Waals surface area contributed by atoms with Gasteiger partial charge in [-0.2, -0.15) is 0 Å². The number of aryl methyl sites for hydroxylation is 1. The molecule has 0 bridgehead atoms. The second-order valence-corrected chi connectivity index (χ2v) is 6.14. The maximum Gasteiger partial charge on any atom is 0.223 e. The molecule has 1 aliphatic heterocycles. The molecule has 2 aromatic heterocycles. The molecule has 1 aliphatic rings. The van der Waals surface area contributed by atoms with E-state index in [2.05, 4.69) is 47.0 Å². The molecule has 0 aromatic carbocycles. The molecular weight excluding hydrogens is 274 g/mol. The van der Waals surface area contributed by atoms with Gasteiger partial charge in [0, 0.05) is 49.6 Å². The fourth-order valence-corrected chi connectivity index (χ4v) is 2.81. The van der Waals surface area contributed by atoms with E-state index in [1.165, 1.54) is 11.3 Å². The van der Waals surface area contributed by atoms with Crippen LogP contribution >= 0.6 is 0 Å². The number of aromatic nitrogens is 3. The van der Waals surface area contributed by atoms with Crippen molar-refractivity contribution in [1.29, 1.82) is 0 Å². The average Bonchev–Trinajstić information content (AvgIpc) is 2.48. The molecule has 0 fully saturated rings. The smallest absolute Gasteiger partial charge is 0.223 e. The van der Waals surface area contributed by atoms with Crippen molar-refractivity contribution in [3.63, 3.8) is 0 Å². The summed E-state index contributed by atoms with van der Waals surface area (Å²) in [6, 6.07) is 6.42. The Kier molecular flexibility index (Phi) is 4.34. The summed E-state index contributed by atoms with van der Waals surface area (Å²) < 4.78 is 0. The van der Waals surface area contributed by atoms with Crippen molar-refractivity contribution in [1.82, 2.24) is 19.9 Å². The van der Waals surface area contributed by atoms with E-state index in [9.17, 15) is 0 Å². The second-order valence-electron chi connectivity index (χ2n) is 6.14. The lowest BCUT2D eigenvalue weighted by atomic mass is 10.0. The molecule has 0 radical (unpaired) electrons. The molecular formula is C17H23N5. The van der Waals surface area contributed by atoms with Crippen LogP contribution in [0.15, 0.2) is 24.4 Å². The molecule has 0 aliphatic carbocycles. The highest BCUT2D eigenvalue weighted by Crippen LogP contribution is 2.22. The first-order valence-corrected chi connectivity index (χ1v) is 7.87. The zero-order valence-electron chi connectivity index (χ0n) is 13.5. The lowest BCUT2D eigenvalue weighted by molar-refractivity contribution is 0.239. The molecule has 0 unspecified atom stereocenters. The predicted molar refractivity (Wildman–Crippen MR) is 87.6 cm³/mol. The summed E-state index contributed by atoms with van der Waals surface area (Å²) in [6.45, 7) is 9.09. The summed E-state index contributed by atoms with van der Waals surface area (Å²) in [6.07, 6.45) is 2.82. The van der Waals surface area contributed by atoms with Crippen molar-refractivity contribution in [3.05, 3.63) is 47.0 Å². The highest BCUT2D eigenvalue weighted by molar-refractivity contribution is 5.36. The van der Waals surface area contributed by atoms with Crippen molar-refractivity contribution in [3.8, 4) is 0 Å². The Morgan fingerprint density at radius 2 is 2.14 bits per heavy atom.